The summed E-state index contributed by atoms with van der Waals surface area (Å²) in [5, 5.41) is 0. The maximum Gasteiger partial charge on any atom is 0.180 e. The predicted molar refractivity (Wildman–Crippen MR) is 51.6 cm³/mol. The Morgan fingerprint density at radius 2 is 1.50 bits per heavy atom. The molecular formula is C6H12Cl4. The van der Waals surface area contributed by atoms with Crippen molar-refractivity contribution in [3.05, 3.63) is 0 Å². The zero-order valence-corrected chi connectivity index (χ0v) is 8.94. The molecule has 0 saturated carbocycles. The SMILES string of the molecule is CCCCCCl.ClC(Cl)Cl. The lowest BCUT2D eigenvalue weighted by atomic mass is 10.3. The lowest BCUT2D eigenvalue weighted by Gasteiger charge is -1.84. The maximum atomic E-state index is 5.38. The van der Waals surface area contributed by atoms with Crippen LogP contribution in [-0.2, 0) is 0 Å². The van der Waals surface area contributed by atoms with Crippen LogP contribution in [0.5, 0.6) is 0 Å². The van der Waals surface area contributed by atoms with Gasteiger partial charge in [-0.15, -0.1) is 11.6 Å². The highest BCUT2D eigenvalue weighted by atomic mass is 35.6. The molecular weight excluding hydrogens is 214 g/mol. The molecule has 0 aromatic carbocycles. The largest absolute Gasteiger partial charge is 0.180 e. The van der Waals surface area contributed by atoms with Crippen molar-refractivity contribution in [2.75, 3.05) is 5.88 Å². The monoisotopic (exact) mass is 224 g/mol. The van der Waals surface area contributed by atoms with E-state index in [9.17, 15) is 0 Å². The third kappa shape index (κ3) is 35.2. The number of hydrogen-bond acceptors (Lipinski definition) is 0. The number of alkyl halides is 4. The van der Waals surface area contributed by atoms with Crippen LogP contribution >= 0.6 is 46.4 Å². The molecule has 64 valence electrons. The zero-order valence-electron chi connectivity index (χ0n) is 5.92. The third-order valence-corrected chi connectivity index (χ3v) is 1.00. The molecule has 0 atom stereocenters. The van der Waals surface area contributed by atoms with Gasteiger partial charge in [0.1, 0.15) is 0 Å². The van der Waals surface area contributed by atoms with Gasteiger partial charge >= 0.3 is 0 Å². The van der Waals surface area contributed by atoms with Crippen LogP contribution in [0.1, 0.15) is 26.2 Å². The van der Waals surface area contributed by atoms with Gasteiger partial charge in [0.15, 0.2) is 4.30 Å². The second kappa shape index (κ2) is 12.8. The summed E-state index contributed by atoms with van der Waals surface area (Å²) in [6, 6.07) is 0. The van der Waals surface area contributed by atoms with E-state index in [-0.39, 0.29) is 0 Å². The highest BCUT2D eigenvalue weighted by molar-refractivity contribution is 6.63. The first-order chi connectivity index (χ1) is 4.65. The molecule has 0 fully saturated rings. The van der Waals surface area contributed by atoms with E-state index >= 15 is 0 Å². The van der Waals surface area contributed by atoms with Crippen molar-refractivity contribution >= 4 is 46.4 Å². The van der Waals surface area contributed by atoms with Crippen LogP contribution in [0, 0.1) is 0 Å². The van der Waals surface area contributed by atoms with E-state index in [2.05, 4.69) is 6.92 Å². The summed E-state index contributed by atoms with van der Waals surface area (Å²) >= 11 is 19.8. The fraction of sp³-hybridized carbons (Fsp3) is 1.00. The van der Waals surface area contributed by atoms with Crippen LogP contribution in [0.4, 0.5) is 0 Å². The smallest absolute Gasteiger partial charge is 0.127 e. The summed E-state index contributed by atoms with van der Waals surface area (Å²) < 4.78 is -0.750. The molecule has 0 bridgehead atoms. The molecule has 0 aromatic rings. The quantitative estimate of drug-likeness (QED) is 0.494. The highest BCUT2D eigenvalue weighted by Crippen LogP contribution is 2.03. The van der Waals surface area contributed by atoms with Crippen molar-refractivity contribution in [2.45, 2.75) is 30.5 Å². The number of halogens is 4. The number of rotatable bonds is 3. The molecule has 0 unspecified atom stereocenters. The van der Waals surface area contributed by atoms with Crippen LogP contribution in [0.15, 0.2) is 0 Å². The Morgan fingerprint density at radius 1 is 1.10 bits per heavy atom. The van der Waals surface area contributed by atoms with Crippen molar-refractivity contribution in [3.63, 3.8) is 0 Å². The molecule has 0 radical (unpaired) electrons. The highest BCUT2D eigenvalue weighted by Gasteiger charge is 1.79. The minimum atomic E-state index is -0.750. The number of hydrogen-bond donors (Lipinski definition) is 0. The topological polar surface area (TPSA) is 0 Å². The van der Waals surface area contributed by atoms with Gasteiger partial charge < -0.3 is 0 Å². The minimum absolute atomic E-state index is 0.750. The lowest BCUT2D eigenvalue weighted by molar-refractivity contribution is 0.776. The van der Waals surface area contributed by atoms with Gasteiger partial charge in [0.05, 0.1) is 0 Å². The lowest BCUT2D eigenvalue weighted by Crippen LogP contribution is -1.70. The van der Waals surface area contributed by atoms with Crippen LogP contribution < -0.4 is 0 Å². The molecule has 0 nitrogen and oxygen atoms in total. The van der Waals surface area contributed by atoms with E-state index in [0.717, 1.165) is 5.88 Å². The summed E-state index contributed by atoms with van der Waals surface area (Å²) in [6.07, 6.45) is 3.73. The molecule has 0 rings (SSSR count). The first kappa shape index (κ1) is 13.7. The fourth-order valence-corrected chi connectivity index (χ4v) is 0.533. The summed E-state index contributed by atoms with van der Waals surface area (Å²) in [4.78, 5) is 0. The second-order valence-electron chi connectivity index (χ2n) is 1.64. The Labute approximate surface area is 82.8 Å². The third-order valence-electron chi connectivity index (χ3n) is 0.737. The van der Waals surface area contributed by atoms with Crippen molar-refractivity contribution in [2.24, 2.45) is 0 Å². The molecule has 4 heteroatoms. The molecule has 0 aliphatic carbocycles. The molecule has 0 N–H and O–H groups in total. The van der Waals surface area contributed by atoms with Crippen molar-refractivity contribution in [1.29, 1.82) is 0 Å². The summed E-state index contributed by atoms with van der Waals surface area (Å²) in [6.45, 7) is 2.17. The van der Waals surface area contributed by atoms with Crippen LogP contribution in [0.3, 0.4) is 0 Å². The standard InChI is InChI=1S/C5H11Cl.CHCl3/c1-2-3-4-5-6;2-1(3)4/h2-5H2,1H3;1H. The van der Waals surface area contributed by atoms with Gasteiger partial charge in [-0.25, -0.2) is 0 Å². The number of unbranched alkanes of at least 4 members (excludes halogenated alkanes) is 2. The average molecular weight is 226 g/mol. The van der Waals surface area contributed by atoms with Gasteiger partial charge in [-0.2, -0.15) is 0 Å². The fourth-order valence-electron chi connectivity index (χ4n) is 0.344. The van der Waals surface area contributed by atoms with Crippen molar-refractivity contribution in [1.82, 2.24) is 0 Å². The van der Waals surface area contributed by atoms with E-state index in [4.69, 9.17) is 46.4 Å². The molecule has 0 heterocycles. The molecule has 0 spiro atoms. The molecule has 0 aliphatic rings. The van der Waals surface area contributed by atoms with Crippen LogP contribution in [-0.4, -0.2) is 10.2 Å². The summed E-state index contributed by atoms with van der Waals surface area (Å²) in [5.41, 5.74) is 0. The van der Waals surface area contributed by atoms with E-state index in [0.29, 0.717) is 0 Å². The van der Waals surface area contributed by atoms with E-state index in [1.165, 1.54) is 19.3 Å². The van der Waals surface area contributed by atoms with Crippen molar-refractivity contribution in [3.8, 4) is 0 Å². The maximum absolute atomic E-state index is 5.38. The Hall–Kier alpha value is 1.16. The van der Waals surface area contributed by atoms with Gasteiger partial charge in [0, 0.05) is 5.88 Å². The van der Waals surface area contributed by atoms with E-state index < -0.39 is 4.30 Å². The Morgan fingerprint density at radius 3 is 1.60 bits per heavy atom. The average Bonchev–Trinajstić information content (AvgIpc) is 1.82. The predicted octanol–water partition coefficient (Wildman–Crippen LogP) is 4.40. The first-order valence-electron chi connectivity index (χ1n) is 3.13. The van der Waals surface area contributed by atoms with Gasteiger partial charge in [0.25, 0.3) is 0 Å². The van der Waals surface area contributed by atoms with Gasteiger partial charge in [-0.05, 0) is 6.42 Å². The van der Waals surface area contributed by atoms with E-state index in [1.54, 1.807) is 0 Å². The summed E-state index contributed by atoms with van der Waals surface area (Å²) in [7, 11) is 0. The molecule has 0 aromatic heterocycles. The van der Waals surface area contributed by atoms with Crippen molar-refractivity contribution < 1.29 is 0 Å². The van der Waals surface area contributed by atoms with Gasteiger partial charge in [0.2, 0.25) is 0 Å². The van der Waals surface area contributed by atoms with Crippen LogP contribution in [0.2, 0.25) is 0 Å². The molecule has 0 amide bonds. The normalized spacial score (nSPS) is 9.00. The summed E-state index contributed by atoms with van der Waals surface area (Å²) in [5.74, 6) is 0.827. The van der Waals surface area contributed by atoms with Crippen LogP contribution in [0.25, 0.3) is 0 Å². The Balaban J connectivity index is 0. The molecule has 0 aliphatic heterocycles. The molecule has 10 heavy (non-hydrogen) atoms. The zero-order chi connectivity index (χ0) is 8.41. The van der Waals surface area contributed by atoms with Gasteiger partial charge in [-0.1, -0.05) is 54.6 Å². The minimum Gasteiger partial charge on any atom is -0.127 e. The molecule has 0 saturated heterocycles. The van der Waals surface area contributed by atoms with Gasteiger partial charge in [-0.3, -0.25) is 0 Å². The Bertz CT molecular complexity index is 40.3. The Kier molecular flexibility index (Phi) is 17.6. The van der Waals surface area contributed by atoms with E-state index in [1.807, 2.05) is 0 Å². The first-order valence-corrected chi connectivity index (χ1v) is 4.97. The second-order valence-corrected chi connectivity index (χ2v) is 4.00.